The molecule has 0 saturated heterocycles. The Balaban J connectivity index is 1.55. The number of benzene rings is 3. The number of para-hydroxylation sites is 1. The van der Waals surface area contributed by atoms with Gasteiger partial charge in [0.15, 0.2) is 0 Å². The molecule has 0 unspecified atom stereocenters. The topological polar surface area (TPSA) is 24.8 Å². The summed E-state index contributed by atoms with van der Waals surface area (Å²) in [5.74, 6) is 1.47. The van der Waals surface area contributed by atoms with E-state index >= 15 is 0 Å². The van der Waals surface area contributed by atoms with Gasteiger partial charge in [0.25, 0.3) is 0 Å². The van der Waals surface area contributed by atoms with E-state index < -0.39 is 0 Å². The molecular weight excluding hydrogens is 424 g/mol. The standard InChI is InChI=1S/C25H23BrN2O/c1-16(2)17-7-9-19(10-8-17)25-28-23(21-5-3-4-6-24(21)29-25)15-22(27-28)18-11-13-20(26)14-12-18/h3-14,16,23,25H,15H2,1-2H3/t23-,25-/m0/s1. The molecule has 0 N–H and O–H groups in total. The Hall–Kier alpha value is -2.59. The van der Waals surface area contributed by atoms with E-state index in [-0.39, 0.29) is 12.3 Å². The van der Waals surface area contributed by atoms with E-state index in [0.29, 0.717) is 5.92 Å². The molecule has 2 atom stereocenters. The van der Waals surface area contributed by atoms with E-state index in [0.717, 1.165) is 33.5 Å². The molecule has 0 fully saturated rings. The van der Waals surface area contributed by atoms with Gasteiger partial charge in [0.05, 0.1) is 11.8 Å². The summed E-state index contributed by atoms with van der Waals surface area (Å²) in [6.45, 7) is 4.43. The van der Waals surface area contributed by atoms with Gasteiger partial charge >= 0.3 is 0 Å². The monoisotopic (exact) mass is 446 g/mol. The van der Waals surface area contributed by atoms with Gasteiger partial charge < -0.3 is 4.74 Å². The molecule has 146 valence electrons. The Morgan fingerprint density at radius 2 is 1.69 bits per heavy atom. The normalized spacial score (nSPS) is 20.1. The second-order valence-corrected chi connectivity index (χ2v) is 8.90. The molecule has 3 aromatic rings. The smallest absolute Gasteiger partial charge is 0.213 e. The lowest BCUT2D eigenvalue weighted by Gasteiger charge is -2.38. The Labute approximate surface area is 180 Å². The van der Waals surface area contributed by atoms with Gasteiger partial charge in [-0.15, -0.1) is 0 Å². The van der Waals surface area contributed by atoms with Crippen LogP contribution in [0.15, 0.2) is 82.4 Å². The van der Waals surface area contributed by atoms with Gasteiger partial charge in [-0.25, -0.2) is 5.01 Å². The number of rotatable bonds is 3. The van der Waals surface area contributed by atoms with Crippen molar-refractivity contribution in [1.82, 2.24) is 5.01 Å². The first-order chi connectivity index (χ1) is 14.1. The second-order valence-electron chi connectivity index (χ2n) is 7.98. The summed E-state index contributed by atoms with van der Waals surface area (Å²) >= 11 is 3.52. The van der Waals surface area contributed by atoms with E-state index in [2.05, 4.69) is 102 Å². The number of fused-ring (bicyclic) bond motifs is 3. The zero-order chi connectivity index (χ0) is 20.0. The molecule has 0 aromatic heterocycles. The number of hydrogen-bond donors (Lipinski definition) is 0. The van der Waals surface area contributed by atoms with Crippen LogP contribution in [0, 0.1) is 0 Å². The fourth-order valence-electron chi connectivity index (χ4n) is 4.12. The Bertz CT molecular complexity index is 1060. The average Bonchev–Trinajstić information content (AvgIpc) is 3.19. The Morgan fingerprint density at radius 1 is 0.966 bits per heavy atom. The lowest BCUT2D eigenvalue weighted by atomic mass is 9.95. The van der Waals surface area contributed by atoms with Crippen LogP contribution in [0.2, 0.25) is 0 Å². The van der Waals surface area contributed by atoms with E-state index in [1.807, 2.05) is 6.07 Å². The summed E-state index contributed by atoms with van der Waals surface area (Å²) < 4.78 is 7.53. The molecule has 0 aliphatic carbocycles. The van der Waals surface area contributed by atoms with Gasteiger partial charge in [0.2, 0.25) is 6.23 Å². The molecule has 0 saturated carbocycles. The van der Waals surface area contributed by atoms with Gasteiger partial charge in [0.1, 0.15) is 5.75 Å². The fraction of sp³-hybridized carbons (Fsp3) is 0.240. The van der Waals surface area contributed by atoms with Gasteiger partial charge in [-0.2, -0.15) is 5.10 Å². The van der Waals surface area contributed by atoms with Crippen LogP contribution < -0.4 is 4.74 Å². The van der Waals surface area contributed by atoms with Crippen LogP contribution in [-0.2, 0) is 0 Å². The molecule has 0 amide bonds. The predicted octanol–water partition coefficient (Wildman–Crippen LogP) is 6.81. The zero-order valence-electron chi connectivity index (χ0n) is 16.5. The largest absolute Gasteiger partial charge is 0.464 e. The third kappa shape index (κ3) is 3.36. The minimum absolute atomic E-state index is 0.188. The van der Waals surface area contributed by atoms with Crippen molar-refractivity contribution in [2.45, 2.75) is 38.5 Å². The molecule has 29 heavy (non-hydrogen) atoms. The van der Waals surface area contributed by atoms with E-state index in [9.17, 15) is 0 Å². The van der Waals surface area contributed by atoms with Crippen LogP contribution in [0.5, 0.6) is 5.75 Å². The van der Waals surface area contributed by atoms with Crippen molar-refractivity contribution in [2.24, 2.45) is 5.10 Å². The highest BCUT2D eigenvalue weighted by atomic mass is 79.9. The van der Waals surface area contributed by atoms with Crippen molar-refractivity contribution in [1.29, 1.82) is 0 Å². The SMILES string of the molecule is CC(C)c1ccc([C@@H]2Oc3ccccc3[C@@H]3CC(c4ccc(Br)cc4)=NN32)cc1. The maximum Gasteiger partial charge on any atom is 0.213 e. The summed E-state index contributed by atoms with van der Waals surface area (Å²) in [4.78, 5) is 0. The minimum atomic E-state index is -0.218. The maximum atomic E-state index is 6.45. The van der Waals surface area contributed by atoms with Crippen LogP contribution in [0.25, 0.3) is 0 Å². The molecule has 3 aromatic carbocycles. The molecule has 2 aliphatic heterocycles. The lowest BCUT2D eigenvalue weighted by Crippen LogP contribution is -2.33. The first-order valence-corrected chi connectivity index (χ1v) is 10.9. The first kappa shape index (κ1) is 18.4. The van der Waals surface area contributed by atoms with Crippen molar-refractivity contribution in [3.63, 3.8) is 0 Å². The third-order valence-electron chi connectivity index (χ3n) is 5.76. The molecule has 3 nitrogen and oxygen atoms in total. The van der Waals surface area contributed by atoms with Crippen molar-refractivity contribution >= 4 is 21.6 Å². The third-order valence-corrected chi connectivity index (χ3v) is 6.29. The summed E-state index contributed by atoms with van der Waals surface area (Å²) in [7, 11) is 0. The number of hydrogen-bond acceptors (Lipinski definition) is 3. The molecule has 5 rings (SSSR count). The number of halogens is 1. The van der Waals surface area contributed by atoms with Gasteiger partial charge in [-0.05, 0) is 35.2 Å². The molecule has 4 heteroatoms. The molecule has 2 aliphatic rings. The number of ether oxygens (including phenoxy) is 1. The Kier molecular flexibility index (Phi) is 4.67. The highest BCUT2D eigenvalue weighted by Gasteiger charge is 2.40. The summed E-state index contributed by atoms with van der Waals surface area (Å²) in [5, 5.41) is 7.18. The highest BCUT2D eigenvalue weighted by Crippen LogP contribution is 2.47. The van der Waals surface area contributed by atoms with Crippen LogP contribution >= 0.6 is 15.9 Å². The van der Waals surface area contributed by atoms with Crippen LogP contribution in [-0.4, -0.2) is 10.7 Å². The van der Waals surface area contributed by atoms with Crippen LogP contribution in [0.3, 0.4) is 0 Å². The van der Waals surface area contributed by atoms with Crippen LogP contribution in [0.4, 0.5) is 0 Å². The van der Waals surface area contributed by atoms with E-state index in [4.69, 9.17) is 9.84 Å². The van der Waals surface area contributed by atoms with Crippen molar-refractivity contribution in [2.75, 3.05) is 0 Å². The quantitative estimate of drug-likeness (QED) is 0.440. The van der Waals surface area contributed by atoms with Crippen molar-refractivity contribution in [3.05, 3.63) is 99.5 Å². The molecule has 0 spiro atoms. The predicted molar refractivity (Wildman–Crippen MR) is 120 cm³/mol. The van der Waals surface area contributed by atoms with Crippen molar-refractivity contribution < 1.29 is 4.74 Å². The Morgan fingerprint density at radius 3 is 2.41 bits per heavy atom. The number of nitrogens with zero attached hydrogens (tertiary/aromatic N) is 2. The zero-order valence-corrected chi connectivity index (χ0v) is 18.1. The molecule has 2 heterocycles. The molecule has 0 bridgehead atoms. The minimum Gasteiger partial charge on any atom is -0.464 e. The molecular formula is C25H23BrN2O. The fourth-order valence-corrected chi connectivity index (χ4v) is 4.38. The summed E-state index contributed by atoms with van der Waals surface area (Å²) in [5.41, 5.74) is 5.94. The van der Waals surface area contributed by atoms with E-state index in [1.165, 1.54) is 11.1 Å². The van der Waals surface area contributed by atoms with E-state index in [1.54, 1.807) is 0 Å². The number of hydrazone groups is 1. The van der Waals surface area contributed by atoms with Crippen molar-refractivity contribution in [3.8, 4) is 5.75 Å². The molecule has 0 radical (unpaired) electrons. The average molecular weight is 447 g/mol. The van der Waals surface area contributed by atoms with Crippen LogP contribution in [0.1, 0.15) is 60.7 Å². The maximum absolute atomic E-state index is 6.45. The van der Waals surface area contributed by atoms with Gasteiger partial charge in [-0.1, -0.05) is 84.4 Å². The lowest BCUT2D eigenvalue weighted by molar-refractivity contribution is -0.0190. The van der Waals surface area contributed by atoms with Gasteiger partial charge in [-0.3, -0.25) is 0 Å². The summed E-state index contributed by atoms with van der Waals surface area (Å²) in [6.07, 6.45) is 0.659. The van der Waals surface area contributed by atoms with Gasteiger partial charge in [0, 0.05) is 22.0 Å². The second kappa shape index (κ2) is 7.34. The summed E-state index contributed by atoms with van der Waals surface area (Å²) in [6, 6.07) is 25.7. The highest BCUT2D eigenvalue weighted by molar-refractivity contribution is 9.10. The first-order valence-electron chi connectivity index (χ1n) is 10.1.